The largest absolute Gasteiger partial charge is 0.496 e. The molecule has 1 aromatic carbocycles. The van der Waals surface area contributed by atoms with Gasteiger partial charge in [-0.05, 0) is 30.7 Å². The van der Waals surface area contributed by atoms with Crippen molar-refractivity contribution in [2.45, 2.75) is 18.4 Å². The highest BCUT2D eigenvalue weighted by atomic mass is 32.2. The molecule has 1 N–H and O–H groups in total. The maximum Gasteiger partial charge on any atom is 0.240 e. The van der Waals surface area contributed by atoms with Crippen molar-refractivity contribution in [3.05, 3.63) is 42.1 Å². The van der Waals surface area contributed by atoms with Gasteiger partial charge >= 0.3 is 0 Å². The van der Waals surface area contributed by atoms with Gasteiger partial charge in [-0.3, -0.25) is 0 Å². The van der Waals surface area contributed by atoms with E-state index < -0.39 is 10.0 Å². The van der Waals surface area contributed by atoms with Crippen LogP contribution in [0.2, 0.25) is 0 Å². The topological polar surface area (TPSA) is 81.4 Å². The molecule has 0 spiro atoms. The first-order chi connectivity index (χ1) is 9.03. The molecule has 0 fully saturated rings. The number of nitrogens with one attached hydrogen (secondary N) is 1. The number of nitrogens with zero attached hydrogens (tertiary/aromatic N) is 1. The predicted octanol–water partition coefficient (Wildman–Crippen LogP) is 1.47. The van der Waals surface area contributed by atoms with Crippen LogP contribution < -0.4 is 9.46 Å². The summed E-state index contributed by atoms with van der Waals surface area (Å²) in [4.78, 5) is 4.03. The first kappa shape index (κ1) is 13.6. The van der Waals surface area contributed by atoms with Gasteiger partial charge in [-0.2, -0.15) is 0 Å². The van der Waals surface area contributed by atoms with Gasteiger partial charge in [-0.25, -0.2) is 18.1 Å². The van der Waals surface area contributed by atoms with Crippen molar-refractivity contribution < 1.29 is 17.6 Å². The Morgan fingerprint density at radius 2 is 2.21 bits per heavy atom. The van der Waals surface area contributed by atoms with Crippen LogP contribution in [-0.2, 0) is 16.6 Å². The third-order valence-corrected chi connectivity index (χ3v) is 4.00. The summed E-state index contributed by atoms with van der Waals surface area (Å²) < 4.78 is 36.5. The van der Waals surface area contributed by atoms with Gasteiger partial charge in [0.1, 0.15) is 12.0 Å². The summed E-state index contributed by atoms with van der Waals surface area (Å²) in [5.74, 6) is 0.649. The monoisotopic (exact) mass is 282 g/mol. The minimum Gasteiger partial charge on any atom is -0.496 e. The highest BCUT2D eigenvalue weighted by Crippen LogP contribution is 2.21. The molecule has 0 bridgehead atoms. The molecule has 2 rings (SSSR count). The number of aromatic nitrogens is 1. The lowest BCUT2D eigenvalue weighted by atomic mass is 10.2. The zero-order valence-corrected chi connectivity index (χ0v) is 11.4. The molecule has 7 heteroatoms. The second-order valence-corrected chi connectivity index (χ2v) is 5.70. The highest BCUT2D eigenvalue weighted by Gasteiger charge is 2.15. The highest BCUT2D eigenvalue weighted by molar-refractivity contribution is 7.89. The molecule has 0 saturated heterocycles. The van der Waals surface area contributed by atoms with Crippen molar-refractivity contribution in [2.75, 3.05) is 7.11 Å². The normalized spacial score (nSPS) is 11.5. The van der Waals surface area contributed by atoms with Crippen molar-refractivity contribution in [1.29, 1.82) is 0 Å². The van der Waals surface area contributed by atoms with Gasteiger partial charge in [0.05, 0.1) is 24.2 Å². The maximum atomic E-state index is 12.1. The lowest BCUT2D eigenvalue weighted by Crippen LogP contribution is -2.23. The molecule has 0 aliphatic rings. The minimum atomic E-state index is -3.57. The van der Waals surface area contributed by atoms with E-state index in [-0.39, 0.29) is 11.4 Å². The quantitative estimate of drug-likeness (QED) is 0.898. The van der Waals surface area contributed by atoms with Gasteiger partial charge < -0.3 is 9.15 Å². The van der Waals surface area contributed by atoms with Crippen LogP contribution in [0.1, 0.15) is 11.3 Å². The third kappa shape index (κ3) is 3.12. The molecule has 0 aliphatic heterocycles. The fourth-order valence-corrected chi connectivity index (χ4v) is 2.68. The van der Waals surface area contributed by atoms with E-state index in [4.69, 9.17) is 9.15 Å². The molecule has 0 atom stereocenters. The number of benzene rings is 1. The second-order valence-electron chi connectivity index (χ2n) is 3.94. The van der Waals surface area contributed by atoms with E-state index in [1.807, 2.05) is 0 Å². The summed E-state index contributed by atoms with van der Waals surface area (Å²) in [6.45, 7) is 1.87. The molecule has 6 nitrogen and oxygen atoms in total. The Kier molecular flexibility index (Phi) is 3.87. The summed E-state index contributed by atoms with van der Waals surface area (Å²) in [6.07, 6.45) is 2.64. The molecule has 0 aliphatic carbocycles. The smallest absolute Gasteiger partial charge is 0.240 e. The van der Waals surface area contributed by atoms with E-state index in [9.17, 15) is 8.42 Å². The lowest BCUT2D eigenvalue weighted by Gasteiger charge is -2.08. The van der Waals surface area contributed by atoms with Crippen LogP contribution in [-0.4, -0.2) is 20.5 Å². The Morgan fingerprint density at radius 3 is 2.79 bits per heavy atom. The van der Waals surface area contributed by atoms with E-state index in [2.05, 4.69) is 9.71 Å². The van der Waals surface area contributed by atoms with Crippen LogP contribution in [0.15, 0.2) is 40.2 Å². The van der Waals surface area contributed by atoms with E-state index >= 15 is 0 Å². The number of rotatable bonds is 5. The van der Waals surface area contributed by atoms with Crippen molar-refractivity contribution in [3.63, 3.8) is 0 Å². The number of hydrogen-bond acceptors (Lipinski definition) is 5. The van der Waals surface area contributed by atoms with Gasteiger partial charge in [-0.15, -0.1) is 0 Å². The van der Waals surface area contributed by atoms with Crippen LogP contribution in [0.4, 0.5) is 0 Å². The molecular formula is C12H14N2O4S. The molecule has 19 heavy (non-hydrogen) atoms. The van der Waals surface area contributed by atoms with Crippen molar-refractivity contribution in [3.8, 4) is 5.75 Å². The number of ether oxygens (including phenoxy) is 1. The SMILES string of the molecule is COc1ccc(S(=O)(=O)NCc2cocn2)cc1C. The number of hydrogen-bond donors (Lipinski definition) is 1. The molecule has 102 valence electrons. The van der Waals surface area contributed by atoms with E-state index in [1.165, 1.54) is 18.7 Å². The number of oxazole rings is 1. The Morgan fingerprint density at radius 1 is 1.42 bits per heavy atom. The van der Waals surface area contributed by atoms with Crippen LogP contribution in [0.25, 0.3) is 0 Å². The van der Waals surface area contributed by atoms with Crippen molar-refractivity contribution in [1.82, 2.24) is 9.71 Å². The lowest BCUT2D eigenvalue weighted by molar-refractivity contribution is 0.411. The molecule has 0 amide bonds. The summed E-state index contributed by atoms with van der Waals surface area (Å²) in [5.41, 5.74) is 1.28. The Balaban J connectivity index is 2.17. The number of aryl methyl sites for hydroxylation is 1. The Bertz CT molecular complexity index is 650. The molecule has 0 saturated carbocycles. The summed E-state index contributed by atoms with van der Waals surface area (Å²) in [7, 11) is -2.03. The maximum absolute atomic E-state index is 12.1. The summed E-state index contributed by atoms with van der Waals surface area (Å²) in [6, 6.07) is 4.68. The predicted molar refractivity (Wildman–Crippen MR) is 68.3 cm³/mol. The first-order valence-corrected chi connectivity index (χ1v) is 7.02. The third-order valence-electron chi connectivity index (χ3n) is 2.60. The van der Waals surface area contributed by atoms with Crippen LogP contribution in [0.3, 0.4) is 0 Å². The average molecular weight is 282 g/mol. The molecular weight excluding hydrogens is 268 g/mol. The second kappa shape index (κ2) is 5.41. The zero-order chi connectivity index (χ0) is 13.9. The van der Waals surface area contributed by atoms with Gasteiger partial charge in [-0.1, -0.05) is 0 Å². The molecule has 1 heterocycles. The van der Waals surface area contributed by atoms with Crippen LogP contribution in [0.5, 0.6) is 5.75 Å². The van der Waals surface area contributed by atoms with Crippen LogP contribution >= 0.6 is 0 Å². The van der Waals surface area contributed by atoms with E-state index in [1.54, 1.807) is 26.2 Å². The molecule has 2 aromatic rings. The fraction of sp³-hybridized carbons (Fsp3) is 0.250. The fourth-order valence-electron chi connectivity index (χ4n) is 1.60. The van der Waals surface area contributed by atoms with Gasteiger partial charge in [0.2, 0.25) is 10.0 Å². The molecule has 0 radical (unpaired) electrons. The van der Waals surface area contributed by atoms with Crippen molar-refractivity contribution >= 4 is 10.0 Å². The average Bonchev–Trinajstić information content (AvgIpc) is 2.89. The summed E-state index contributed by atoms with van der Waals surface area (Å²) in [5, 5.41) is 0. The number of methoxy groups -OCH3 is 1. The summed E-state index contributed by atoms with van der Waals surface area (Å²) >= 11 is 0. The zero-order valence-electron chi connectivity index (χ0n) is 10.6. The van der Waals surface area contributed by atoms with Gasteiger partial charge in [0.15, 0.2) is 6.39 Å². The first-order valence-electron chi connectivity index (χ1n) is 5.54. The standard InChI is InChI=1S/C12H14N2O4S/c1-9-5-11(3-4-12(9)17-2)19(15,16)14-6-10-7-18-8-13-10/h3-5,7-8,14H,6H2,1-2H3. The van der Waals surface area contributed by atoms with E-state index in [0.717, 1.165) is 5.56 Å². The van der Waals surface area contributed by atoms with Crippen LogP contribution in [0, 0.1) is 6.92 Å². The van der Waals surface area contributed by atoms with Crippen molar-refractivity contribution in [2.24, 2.45) is 0 Å². The Hall–Kier alpha value is -1.86. The van der Waals surface area contributed by atoms with Gasteiger partial charge in [0, 0.05) is 0 Å². The molecule has 1 aromatic heterocycles. The van der Waals surface area contributed by atoms with Gasteiger partial charge in [0.25, 0.3) is 0 Å². The van der Waals surface area contributed by atoms with E-state index in [0.29, 0.717) is 11.4 Å². The number of sulfonamides is 1. The molecule has 0 unspecified atom stereocenters. The minimum absolute atomic E-state index is 0.0872. The Labute approximate surface area is 111 Å².